The van der Waals surface area contributed by atoms with Crippen molar-refractivity contribution in [2.75, 3.05) is 6.26 Å². The second-order valence-electron chi connectivity index (χ2n) is 7.96. The van der Waals surface area contributed by atoms with E-state index in [0.29, 0.717) is 21.9 Å². The number of carbonyl (C=O) groups excluding carboxylic acids is 1. The van der Waals surface area contributed by atoms with Gasteiger partial charge in [0, 0.05) is 22.7 Å². The molecule has 0 spiro atoms. The third-order valence-electron chi connectivity index (χ3n) is 5.56. The number of benzene rings is 2. The largest absolute Gasteiger partial charge is 0.464 e. The van der Waals surface area contributed by atoms with Gasteiger partial charge in [0.15, 0.2) is 0 Å². The summed E-state index contributed by atoms with van der Waals surface area (Å²) in [5, 5.41) is 1.01. The van der Waals surface area contributed by atoms with E-state index in [4.69, 9.17) is 4.42 Å². The molecule has 5 aromatic rings. The van der Waals surface area contributed by atoms with Crippen molar-refractivity contribution in [3.8, 4) is 11.1 Å². The van der Waals surface area contributed by atoms with Crippen LogP contribution in [0.1, 0.15) is 16.1 Å². The first-order valence-corrected chi connectivity index (χ1v) is 12.2. The second-order valence-corrected chi connectivity index (χ2v) is 9.71. The van der Waals surface area contributed by atoms with Crippen LogP contribution in [0.5, 0.6) is 0 Å². The summed E-state index contributed by atoms with van der Waals surface area (Å²) < 4.78 is 61.4. The van der Waals surface area contributed by atoms with E-state index >= 15 is 0 Å². The average Bonchev–Trinajstić information content (AvgIpc) is 3.38. The van der Waals surface area contributed by atoms with Gasteiger partial charge in [0.2, 0.25) is 10.0 Å². The highest BCUT2D eigenvalue weighted by atomic mass is 32.2. The van der Waals surface area contributed by atoms with Gasteiger partial charge in [-0.15, -0.1) is 0 Å². The van der Waals surface area contributed by atoms with Gasteiger partial charge in [-0.3, -0.25) is 9.59 Å². The van der Waals surface area contributed by atoms with Crippen LogP contribution in [0.2, 0.25) is 0 Å². The number of furan rings is 1. The maximum atomic E-state index is 14.6. The van der Waals surface area contributed by atoms with E-state index < -0.39 is 33.1 Å². The minimum atomic E-state index is -4.01. The third-order valence-corrected chi connectivity index (χ3v) is 6.12. The average molecular weight is 497 g/mol. The molecule has 0 radical (unpaired) electrons. The molecule has 0 fully saturated rings. The Kier molecular flexibility index (Phi) is 5.28. The lowest BCUT2D eigenvalue weighted by Gasteiger charge is -2.13. The first kappa shape index (κ1) is 22.5. The molecule has 8 nitrogen and oxygen atoms in total. The van der Waals surface area contributed by atoms with Crippen LogP contribution < -0.4 is 10.3 Å². The third kappa shape index (κ3) is 3.99. The van der Waals surface area contributed by atoms with Crippen LogP contribution >= 0.6 is 0 Å². The topological polar surface area (TPSA) is 114 Å². The van der Waals surface area contributed by atoms with E-state index in [2.05, 4.69) is 4.98 Å². The fourth-order valence-electron chi connectivity index (χ4n) is 4.19. The van der Waals surface area contributed by atoms with Crippen molar-refractivity contribution in [2.45, 2.75) is 6.54 Å². The van der Waals surface area contributed by atoms with Gasteiger partial charge < -0.3 is 14.0 Å². The van der Waals surface area contributed by atoms with Crippen molar-refractivity contribution in [2.24, 2.45) is 0 Å². The van der Waals surface area contributed by atoms with Crippen molar-refractivity contribution < 1.29 is 26.4 Å². The summed E-state index contributed by atoms with van der Waals surface area (Å²) in [5.74, 6) is -2.45. The zero-order valence-corrected chi connectivity index (χ0v) is 18.9. The summed E-state index contributed by atoms with van der Waals surface area (Å²) in [6, 6.07) is 11.0. The van der Waals surface area contributed by atoms with Crippen molar-refractivity contribution in [1.82, 2.24) is 14.3 Å². The van der Waals surface area contributed by atoms with Gasteiger partial charge in [-0.25, -0.2) is 21.9 Å². The number of rotatable bonds is 5. The number of aromatic amines is 1. The molecule has 11 heteroatoms. The molecule has 0 aliphatic carbocycles. The quantitative estimate of drug-likeness (QED) is 0.384. The first-order chi connectivity index (χ1) is 16.6. The molecule has 5 rings (SSSR count). The van der Waals surface area contributed by atoms with Gasteiger partial charge in [0.1, 0.15) is 22.9 Å². The van der Waals surface area contributed by atoms with Crippen LogP contribution in [-0.2, 0) is 16.6 Å². The summed E-state index contributed by atoms with van der Waals surface area (Å²) in [5.41, 5.74) is 0.0121. The van der Waals surface area contributed by atoms with Crippen molar-refractivity contribution in [3.05, 3.63) is 94.2 Å². The Balaban J connectivity index is 1.93. The van der Waals surface area contributed by atoms with Gasteiger partial charge >= 0.3 is 0 Å². The van der Waals surface area contributed by atoms with Gasteiger partial charge in [-0.2, -0.15) is 0 Å². The van der Waals surface area contributed by atoms with E-state index in [1.165, 1.54) is 23.1 Å². The van der Waals surface area contributed by atoms with Gasteiger partial charge in [-0.05, 0) is 48.5 Å². The van der Waals surface area contributed by atoms with Crippen LogP contribution in [-0.4, -0.2) is 30.1 Å². The number of pyridine rings is 1. The number of carbonyl (C=O) groups is 1. The number of halogens is 2. The lowest BCUT2D eigenvalue weighted by molar-refractivity contribution is 0.0974. The number of aromatic nitrogens is 2. The highest BCUT2D eigenvalue weighted by molar-refractivity contribution is 7.89. The molecule has 178 valence electrons. The summed E-state index contributed by atoms with van der Waals surface area (Å²) in [7, 11) is -4.01. The summed E-state index contributed by atoms with van der Waals surface area (Å²) in [6.45, 7) is -0.330. The van der Waals surface area contributed by atoms with Crippen molar-refractivity contribution in [1.29, 1.82) is 0 Å². The van der Waals surface area contributed by atoms with Crippen molar-refractivity contribution >= 4 is 37.8 Å². The fourth-order valence-corrected chi connectivity index (χ4v) is 4.63. The predicted molar refractivity (Wildman–Crippen MR) is 126 cm³/mol. The molecule has 0 aliphatic heterocycles. The molecule has 0 unspecified atom stereocenters. The van der Waals surface area contributed by atoms with Crippen LogP contribution in [0.25, 0.3) is 33.0 Å². The Morgan fingerprint density at radius 1 is 1.14 bits per heavy atom. The maximum Gasteiger partial charge on any atom is 0.282 e. The van der Waals surface area contributed by atoms with Gasteiger partial charge in [0.05, 0.1) is 35.5 Å². The molecule has 3 heterocycles. The summed E-state index contributed by atoms with van der Waals surface area (Å²) in [4.78, 5) is 28.7. The van der Waals surface area contributed by atoms with E-state index in [0.717, 1.165) is 24.5 Å². The first-order valence-electron chi connectivity index (χ1n) is 10.3. The predicted octanol–water partition coefficient (Wildman–Crippen LogP) is 3.76. The number of sulfonamides is 1. The van der Waals surface area contributed by atoms with E-state index in [1.807, 2.05) is 4.72 Å². The summed E-state index contributed by atoms with van der Waals surface area (Å²) in [6.07, 6.45) is 3.65. The fraction of sp³-hybridized carbons (Fsp3) is 0.0833. The molecule has 3 aromatic heterocycles. The van der Waals surface area contributed by atoms with Crippen LogP contribution in [0.4, 0.5) is 8.78 Å². The minimum Gasteiger partial charge on any atom is -0.464 e. The van der Waals surface area contributed by atoms with Gasteiger partial charge in [0.25, 0.3) is 11.5 Å². The molecule has 1 amide bonds. The molecule has 0 atom stereocenters. The molecule has 0 bridgehead atoms. The number of nitrogens with one attached hydrogen (secondary N) is 2. The molecule has 2 aromatic carbocycles. The number of fused-ring (bicyclic) bond motifs is 3. The van der Waals surface area contributed by atoms with Crippen LogP contribution in [0, 0.1) is 11.6 Å². The standard InChI is InChI=1S/C24H17F2N3O5S/c1-35(32,33)28-24(31)21-19(16-3-2-9-27-23(16)30)20-18(7-4-13-8-10-34-22(13)20)29(21)12-14-11-15(25)5-6-17(14)26/h2-11H,12H2,1H3,(H,27,30)(H,28,31). The molecule has 0 saturated carbocycles. The Hall–Kier alpha value is -4.25. The molecule has 2 N–H and O–H groups in total. The van der Waals surface area contributed by atoms with E-state index in [-0.39, 0.29) is 28.9 Å². The minimum absolute atomic E-state index is 0.0681. The monoisotopic (exact) mass is 497 g/mol. The normalized spacial score (nSPS) is 11.9. The highest BCUT2D eigenvalue weighted by Gasteiger charge is 2.29. The Bertz CT molecular complexity index is 1800. The highest BCUT2D eigenvalue weighted by Crippen LogP contribution is 2.39. The Labute approximate surface area is 196 Å². The number of hydrogen-bond acceptors (Lipinski definition) is 5. The lowest BCUT2D eigenvalue weighted by atomic mass is 10.0. The smallest absolute Gasteiger partial charge is 0.282 e. The van der Waals surface area contributed by atoms with E-state index in [9.17, 15) is 26.8 Å². The lowest BCUT2D eigenvalue weighted by Crippen LogP contribution is -2.32. The maximum absolute atomic E-state index is 14.6. The van der Waals surface area contributed by atoms with E-state index in [1.54, 1.807) is 24.3 Å². The molecular formula is C24H17F2N3O5S. The number of H-pyrrole nitrogens is 1. The molecule has 0 aliphatic rings. The number of amides is 1. The molecule has 35 heavy (non-hydrogen) atoms. The Morgan fingerprint density at radius 3 is 2.69 bits per heavy atom. The Morgan fingerprint density at radius 2 is 1.94 bits per heavy atom. The molecular weight excluding hydrogens is 480 g/mol. The molecule has 0 saturated heterocycles. The van der Waals surface area contributed by atoms with Crippen LogP contribution in [0.15, 0.2) is 70.2 Å². The summed E-state index contributed by atoms with van der Waals surface area (Å²) >= 11 is 0. The number of hydrogen-bond donors (Lipinski definition) is 2. The number of nitrogens with zero attached hydrogens (tertiary/aromatic N) is 1. The second kappa shape index (κ2) is 8.20. The SMILES string of the molecule is CS(=O)(=O)NC(=O)c1c(-c2ccc[nH]c2=O)c2c3occc3ccc2n1Cc1cc(F)ccc1F. The van der Waals surface area contributed by atoms with Crippen molar-refractivity contribution in [3.63, 3.8) is 0 Å². The zero-order chi connectivity index (χ0) is 24.9. The van der Waals surface area contributed by atoms with Crippen LogP contribution in [0.3, 0.4) is 0 Å². The van der Waals surface area contributed by atoms with Gasteiger partial charge in [-0.1, -0.05) is 0 Å². The zero-order valence-electron chi connectivity index (χ0n) is 18.1.